The molecule has 7 heteroatoms. The topological polar surface area (TPSA) is 91.2 Å². The quantitative estimate of drug-likeness (QED) is 0.817. The molecule has 0 fully saturated rings. The number of nitriles is 1. The van der Waals surface area contributed by atoms with E-state index in [2.05, 4.69) is 10.6 Å². The molecule has 0 aliphatic heterocycles. The van der Waals surface area contributed by atoms with Gasteiger partial charge in [0.25, 0.3) is 0 Å². The second-order valence-electron chi connectivity index (χ2n) is 5.03. The second kappa shape index (κ2) is 8.45. The smallest absolute Gasteiger partial charge is 0.313 e. The number of amides is 2. The third-order valence-corrected chi connectivity index (χ3v) is 3.20. The molecule has 25 heavy (non-hydrogen) atoms. The van der Waals surface area contributed by atoms with Crippen molar-refractivity contribution < 1.29 is 18.7 Å². The Labute approximate surface area is 144 Å². The average molecular weight is 341 g/mol. The minimum Gasteiger partial charge on any atom is -0.491 e. The summed E-state index contributed by atoms with van der Waals surface area (Å²) in [5.41, 5.74) is 1.20. The van der Waals surface area contributed by atoms with Crippen molar-refractivity contribution in [2.75, 3.05) is 11.9 Å². The summed E-state index contributed by atoms with van der Waals surface area (Å²) < 4.78 is 18.8. The molecule has 0 saturated carbocycles. The van der Waals surface area contributed by atoms with Crippen molar-refractivity contribution in [2.24, 2.45) is 0 Å². The lowest BCUT2D eigenvalue weighted by molar-refractivity contribution is -0.136. The van der Waals surface area contributed by atoms with Crippen LogP contribution in [0.1, 0.15) is 18.1 Å². The first-order valence-corrected chi connectivity index (χ1v) is 7.54. The fourth-order valence-corrected chi connectivity index (χ4v) is 2.04. The van der Waals surface area contributed by atoms with Crippen molar-refractivity contribution in [3.63, 3.8) is 0 Å². The maximum Gasteiger partial charge on any atom is 0.313 e. The zero-order chi connectivity index (χ0) is 18.2. The van der Waals surface area contributed by atoms with E-state index in [9.17, 15) is 14.0 Å². The van der Waals surface area contributed by atoms with Crippen molar-refractivity contribution in [3.8, 4) is 11.8 Å². The summed E-state index contributed by atoms with van der Waals surface area (Å²) in [4.78, 5) is 23.7. The third-order valence-electron chi connectivity index (χ3n) is 3.20. The van der Waals surface area contributed by atoms with Crippen molar-refractivity contribution in [1.82, 2.24) is 5.32 Å². The average Bonchev–Trinajstić information content (AvgIpc) is 2.62. The van der Waals surface area contributed by atoms with Crippen LogP contribution in [0.4, 0.5) is 10.1 Å². The van der Waals surface area contributed by atoms with Crippen LogP contribution in [-0.2, 0) is 16.1 Å². The highest BCUT2D eigenvalue weighted by atomic mass is 19.1. The Balaban J connectivity index is 1.92. The van der Waals surface area contributed by atoms with E-state index in [0.717, 1.165) is 0 Å². The molecule has 6 nitrogen and oxygen atoms in total. The van der Waals surface area contributed by atoms with Crippen LogP contribution in [0.3, 0.4) is 0 Å². The van der Waals surface area contributed by atoms with Crippen molar-refractivity contribution in [2.45, 2.75) is 13.5 Å². The van der Waals surface area contributed by atoms with Crippen LogP contribution < -0.4 is 15.4 Å². The van der Waals surface area contributed by atoms with Gasteiger partial charge in [-0.15, -0.1) is 0 Å². The number of halogens is 1. The lowest BCUT2D eigenvalue weighted by Crippen LogP contribution is -2.35. The van der Waals surface area contributed by atoms with Crippen LogP contribution in [0.2, 0.25) is 0 Å². The van der Waals surface area contributed by atoms with Crippen LogP contribution >= 0.6 is 0 Å². The Morgan fingerprint density at radius 3 is 2.68 bits per heavy atom. The summed E-state index contributed by atoms with van der Waals surface area (Å²) >= 11 is 0. The molecule has 0 saturated heterocycles. The highest BCUT2D eigenvalue weighted by Crippen LogP contribution is 2.18. The summed E-state index contributed by atoms with van der Waals surface area (Å²) in [6.07, 6.45) is 0. The molecule has 0 atom stereocenters. The number of hydrogen-bond acceptors (Lipinski definition) is 4. The van der Waals surface area contributed by atoms with E-state index in [1.165, 1.54) is 18.2 Å². The first kappa shape index (κ1) is 17.9. The molecule has 2 amide bonds. The van der Waals surface area contributed by atoms with E-state index in [1.807, 2.05) is 6.07 Å². The Hall–Kier alpha value is -3.40. The lowest BCUT2D eigenvalue weighted by atomic mass is 10.2. The monoisotopic (exact) mass is 341 g/mol. The predicted octanol–water partition coefficient (Wildman–Crippen LogP) is 2.35. The maximum absolute atomic E-state index is 13.7. The largest absolute Gasteiger partial charge is 0.491 e. The number of hydrogen-bond donors (Lipinski definition) is 2. The molecule has 0 radical (unpaired) electrons. The van der Waals surface area contributed by atoms with E-state index in [-0.39, 0.29) is 12.3 Å². The number of nitrogens with one attached hydrogen (secondary N) is 2. The molecule has 2 N–H and O–H groups in total. The molecule has 0 heterocycles. The van der Waals surface area contributed by atoms with E-state index in [0.29, 0.717) is 23.4 Å². The first-order chi connectivity index (χ1) is 12.0. The maximum atomic E-state index is 13.7. The van der Waals surface area contributed by atoms with Crippen LogP contribution in [-0.4, -0.2) is 18.4 Å². The molecule has 0 spiro atoms. The highest BCUT2D eigenvalue weighted by Gasteiger charge is 2.14. The zero-order valence-electron chi connectivity index (χ0n) is 13.5. The van der Waals surface area contributed by atoms with Gasteiger partial charge in [0.1, 0.15) is 0 Å². The standard InChI is InChI=1S/C18H16FN3O3/c1-2-25-16-7-6-13(9-15(16)19)11-21-17(23)18(24)22-14-5-3-4-12(8-14)10-20/h3-9H,2,11H2,1H3,(H,21,23)(H,22,24). The second-order valence-corrected chi connectivity index (χ2v) is 5.03. The van der Waals surface area contributed by atoms with Gasteiger partial charge >= 0.3 is 11.8 Å². The van der Waals surface area contributed by atoms with Crippen molar-refractivity contribution >= 4 is 17.5 Å². The molecule has 0 bridgehead atoms. The molecule has 0 unspecified atom stereocenters. The first-order valence-electron chi connectivity index (χ1n) is 7.54. The SMILES string of the molecule is CCOc1ccc(CNC(=O)C(=O)Nc2cccc(C#N)c2)cc1F. The van der Waals surface area contributed by atoms with Gasteiger partial charge in [0.05, 0.1) is 18.2 Å². The number of nitrogens with zero attached hydrogens (tertiary/aromatic N) is 1. The molecular formula is C18H16FN3O3. The summed E-state index contributed by atoms with van der Waals surface area (Å²) in [7, 11) is 0. The van der Waals surface area contributed by atoms with Gasteiger partial charge in [0.15, 0.2) is 11.6 Å². The van der Waals surface area contributed by atoms with Crippen LogP contribution in [0.25, 0.3) is 0 Å². The summed E-state index contributed by atoms with van der Waals surface area (Å²) in [5.74, 6) is -2.14. The van der Waals surface area contributed by atoms with Crippen molar-refractivity contribution in [1.29, 1.82) is 5.26 Å². The molecule has 2 aromatic rings. The van der Waals surface area contributed by atoms with Gasteiger partial charge in [0.2, 0.25) is 0 Å². The lowest BCUT2D eigenvalue weighted by Gasteiger charge is -2.09. The van der Waals surface area contributed by atoms with Crippen LogP contribution in [0, 0.1) is 17.1 Å². The fourth-order valence-electron chi connectivity index (χ4n) is 2.04. The summed E-state index contributed by atoms with van der Waals surface area (Å²) in [6, 6.07) is 12.4. The molecule has 0 aliphatic rings. The molecular weight excluding hydrogens is 325 g/mol. The van der Waals surface area contributed by atoms with E-state index in [1.54, 1.807) is 31.2 Å². The minimum absolute atomic E-state index is 0.00614. The molecule has 0 aromatic heterocycles. The number of ether oxygens (including phenoxy) is 1. The molecule has 2 aromatic carbocycles. The third kappa shape index (κ3) is 5.04. The summed E-state index contributed by atoms with van der Waals surface area (Å²) in [5, 5.41) is 13.6. The number of carbonyl (C=O) groups is 2. The number of anilines is 1. The predicted molar refractivity (Wildman–Crippen MR) is 89.2 cm³/mol. The number of carbonyl (C=O) groups excluding carboxylic acids is 2. The van der Waals surface area contributed by atoms with Gasteiger partial charge in [-0.1, -0.05) is 12.1 Å². The Bertz CT molecular complexity index is 831. The zero-order valence-corrected chi connectivity index (χ0v) is 13.5. The van der Waals surface area contributed by atoms with Gasteiger partial charge in [-0.25, -0.2) is 4.39 Å². The van der Waals surface area contributed by atoms with Crippen LogP contribution in [0.15, 0.2) is 42.5 Å². The van der Waals surface area contributed by atoms with E-state index in [4.69, 9.17) is 10.00 Å². The van der Waals surface area contributed by atoms with Gasteiger partial charge in [-0.3, -0.25) is 9.59 Å². The Morgan fingerprint density at radius 1 is 1.20 bits per heavy atom. The van der Waals surface area contributed by atoms with Crippen molar-refractivity contribution in [3.05, 3.63) is 59.4 Å². The fraction of sp³-hybridized carbons (Fsp3) is 0.167. The highest BCUT2D eigenvalue weighted by molar-refractivity contribution is 6.39. The van der Waals surface area contributed by atoms with Crippen LogP contribution in [0.5, 0.6) is 5.75 Å². The van der Waals surface area contributed by atoms with Gasteiger partial charge in [0, 0.05) is 12.2 Å². The molecule has 2 rings (SSSR count). The van der Waals surface area contributed by atoms with E-state index < -0.39 is 17.6 Å². The molecule has 0 aliphatic carbocycles. The molecule has 128 valence electrons. The van der Waals surface area contributed by atoms with Gasteiger partial charge in [-0.05, 0) is 42.8 Å². The van der Waals surface area contributed by atoms with E-state index >= 15 is 0 Å². The van der Waals surface area contributed by atoms with Gasteiger partial charge in [-0.2, -0.15) is 5.26 Å². The summed E-state index contributed by atoms with van der Waals surface area (Å²) in [6.45, 7) is 2.09. The number of benzene rings is 2. The Morgan fingerprint density at radius 2 is 2.00 bits per heavy atom. The number of rotatable bonds is 5. The van der Waals surface area contributed by atoms with Gasteiger partial charge < -0.3 is 15.4 Å². The Kier molecular flexibility index (Phi) is 6.07. The normalized spacial score (nSPS) is 9.80. The minimum atomic E-state index is -0.874.